The van der Waals surface area contributed by atoms with E-state index in [0.717, 1.165) is 0 Å². The lowest BCUT2D eigenvalue weighted by molar-refractivity contribution is 0.00675. The molecule has 1 heterocycles. The monoisotopic (exact) mass is 246 g/mol. The fourth-order valence-electron chi connectivity index (χ4n) is 0.772. The molecule has 13 heavy (non-hydrogen) atoms. The van der Waals surface area contributed by atoms with Gasteiger partial charge in [-0.05, 0) is 42.8 Å². The first-order valence-corrected chi connectivity index (χ1v) is 4.66. The minimum atomic E-state index is -0.478. The van der Waals surface area contributed by atoms with Crippen LogP contribution in [0.3, 0.4) is 0 Å². The summed E-state index contributed by atoms with van der Waals surface area (Å²) < 4.78 is 10.5. The topological polar surface area (TPSA) is 39.4 Å². The van der Waals surface area contributed by atoms with Gasteiger partial charge in [-0.25, -0.2) is 4.79 Å². The number of furan rings is 1. The fourth-order valence-corrected chi connectivity index (χ4v) is 1.17. The van der Waals surface area contributed by atoms with Crippen LogP contribution >= 0.6 is 15.9 Å². The van der Waals surface area contributed by atoms with Gasteiger partial charge in [-0.2, -0.15) is 0 Å². The van der Waals surface area contributed by atoms with E-state index in [1.807, 2.05) is 20.8 Å². The minimum absolute atomic E-state index is 0.381. The zero-order chi connectivity index (χ0) is 10.1. The van der Waals surface area contributed by atoms with Crippen molar-refractivity contribution in [3.8, 4) is 0 Å². The van der Waals surface area contributed by atoms with Crippen LogP contribution in [0.15, 0.2) is 21.4 Å². The van der Waals surface area contributed by atoms with Crippen molar-refractivity contribution in [2.75, 3.05) is 0 Å². The fraction of sp³-hybridized carbons (Fsp3) is 0.444. The largest absolute Gasteiger partial charge is 0.457 e. The van der Waals surface area contributed by atoms with E-state index in [0.29, 0.717) is 10.2 Å². The lowest BCUT2D eigenvalue weighted by atomic mass is 10.2. The van der Waals surface area contributed by atoms with E-state index in [1.165, 1.54) is 6.26 Å². The molecule has 1 aromatic heterocycles. The Kier molecular flexibility index (Phi) is 2.81. The van der Waals surface area contributed by atoms with Gasteiger partial charge in [-0.15, -0.1) is 0 Å². The molecule has 1 rings (SSSR count). The van der Waals surface area contributed by atoms with Gasteiger partial charge in [0.05, 0.1) is 6.26 Å². The van der Waals surface area contributed by atoms with Crippen LogP contribution < -0.4 is 0 Å². The Balaban J connectivity index is 2.76. The highest BCUT2D eigenvalue weighted by Gasteiger charge is 2.20. The third kappa shape index (κ3) is 2.88. The van der Waals surface area contributed by atoms with Crippen molar-refractivity contribution >= 4 is 21.9 Å². The minimum Gasteiger partial charge on any atom is -0.457 e. The van der Waals surface area contributed by atoms with E-state index in [1.54, 1.807) is 6.07 Å². The van der Waals surface area contributed by atoms with Gasteiger partial charge in [0.25, 0.3) is 0 Å². The van der Waals surface area contributed by atoms with Gasteiger partial charge in [-0.1, -0.05) is 0 Å². The lowest BCUT2D eigenvalue weighted by Crippen LogP contribution is -2.23. The van der Waals surface area contributed by atoms with E-state index in [-0.39, 0.29) is 5.97 Å². The summed E-state index contributed by atoms with van der Waals surface area (Å²) in [6, 6.07) is 1.57. The van der Waals surface area contributed by atoms with Crippen LogP contribution in [0.2, 0.25) is 0 Å². The number of ether oxygens (including phenoxy) is 1. The van der Waals surface area contributed by atoms with Gasteiger partial charge in [0.2, 0.25) is 0 Å². The quantitative estimate of drug-likeness (QED) is 0.716. The number of rotatable bonds is 1. The molecule has 0 saturated heterocycles. The molecule has 0 radical (unpaired) electrons. The standard InChI is InChI=1S/C9H11BrO3/c1-9(2,3)13-8(11)6-4-5-12-7(6)10/h4-5H,1-3H3. The maximum absolute atomic E-state index is 11.4. The third-order valence-electron chi connectivity index (χ3n) is 1.24. The summed E-state index contributed by atoms with van der Waals surface area (Å²) in [7, 11) is 0. The number of carbonyl (C=O) groups is 1. The van der Waals surface area contributed by atoms with Gasteiger partial charge in [0, 0.05) is 0 Å². The first kappa shape index (κ1) is 10.3. The van der Waals surface area contributed by atoms with Crippen LogP contribution in [0.5, 0.6) is 0 Å². The highest BCUT2D eigenvalue weighted by molar-refractivity contribution is 9.10. The van der Waals surface area contributed by atoms with Gasteiger partial charge in [0.15, 0.2) is 4.67 Å². The molecule has 0 aromatic carbocycles. The lowest BCUT2D eigenvalue weighted by Gasteiger charge is -2.18. The molecule has 0 amide bonds. The van der Waals surface area contributed by atoms with Gasteiger partial charge < -0.3 is 9.15 Å². The maximum Gasteiger partial charge on any atom is 0.343 e. The second-order valence-electron chi connectivity index (χ2n) is 3.61. The van der Waals surface area contributed by atoms with E-state index in [9.17, 15) is 4.79 Å². The molecule has 0 aliphatic heterocycles. The number of hydrogen-bond acceptors (Lipinski definition) is 3. The molecule has 0 aliphatic carbocycles. The number of carbonyl (C=O) groups excluding carboxylic acids is 1. The molecular formula is C9H11BrO3. The highest BCUT2D eigenvalue weighted by Crippen LogP contribution is 2.20. The predicted molar refractivity (Wildman–Crippen MR) is 51.6 cm³/mol. The van der Waals surface area contributed by atoms with Crippen molar-refractivity contribution < 1.29 is 13.9 Å². The van der Waals surface area contributed by atoms with Crippen molar-refractivity contribution in [1.82, 2.24) is 0 Å². The molecule has 0 saturated carbocycles. The van der Waals surface area contributed by atoms with Crippen LogP contribution in [0.1, 0.15) is 31.1 Å². The average Bonchev–Trinajstić information content (AvgIpc) is 2.30. The van der Waals surface area contributed by atoms with Crippen molar-refractivity contribution in [2.45, 2.75) is 26.4 Å². The Bertz CT molecular complexity index is 309. The van der Waals surface area contributed by atoms with Gasteiger partial charge in [-0.3, -0.25) is 0 Å². The van der Waals surface area contributed by atoms with Crippen molar-refractivity contribution in [1.29, 1.82) is 0 Å². The van der Waals surface area contributed by atoms with E-state index >= 15 is 0 Å². The summed E-state index contributed by atoms with van der Waals surface area (Å²) in [6.45, 7) is 5.46. The zero-order valence-corrected chi connectivity index (χ0v) is 9.34. The Hall–Kier alpha value is -0.770. The number of esters is 1. The summed E-state index contributed by atoms with van der Waals surface area (Å²) in [5.74, 6) is -0.381. The molecule has 0 fully saturated rings. The number of hydrogen-bond donors (Lipinski definition) is 0. The molecular weight excluding hydrogens is 236 g/mol. The third-order valence-corrected chi connectivity index (χ3v) is 1.85. The summed E-state index contributed by atoms with van der Waals surface area (Å²) >= 11 is 3.11. The molecule has 4 heteroatoms. The maximum atomic E-state index is 11.4. The summed E-state index contributed by atoms with van der Waals surface area (Å²) in [5.41, 5.74) is -0.0664. The second kappa shape index (κ2) is 3.54. The van der Waals surface area contributed by atoms with Crippen LogP contribution in [-0.2, 0) is 4.74 Å². The predicted octanol–water partition coefficient (Wildman–Crippen LogP) is 3.00. The molecule has 0 aliphatic rings. The average molecular weight is 247 g/mol. The molecule has 0 spiro atoms. The van der Waals surface area contributed by atoms with Crippen LogP contribution in [-0.4, -0.2) is 11.6 Å². The van der Waals surface area contributed by atoms with E-state index < -0.39 is 5.60 Å². The van der Waals surface area contributed by atoms with E-state index in [4.69, 9.17) is 9.15 Å². The first-order chi connectivity index (χ1) is 5.90. The van der Waals surface area contributed by atoms with Crippen molar-refractivity contribution in [3.63, 3.8) is 0 Å². The Morgan fingerprint density at radius 2 is 2.15 bits per heavy atom. The molecule has 0 N–H and O–H groups in total. The summed E-state index contributed by atoms with van der Waals surface area (Å²) in [6.07, 6.45) is 1.43. The summed E-state index contributed by atoms with van der Waals surface area (Å²) in [4.78, 5) is 11.4. The number of halogens is 1. The normalized spacial score (nSPS) is 11.4. The molecule has 0 bridgehead atoms. The summed E-state index contributed by atoms with van der Waals surface area (Å²) in [5, 5.41) is 0. The van der Waals surface area contributed by atoms with Crippen LogP contribution in [0.25, 0.3) is 0 Å². The second-order valence-corrected chi connectivity index (χ2v) is 4.33. The smallest absolute Gasteiger partial charge is 0.343 e. The van der Waals surface area contributed by atoms with Crippen LogP contribution in [0.4, 0.5) is 0 Å². The molecule has 0 unspecified atom stereocenters. The Morgan fingerprint density at radius 1 is 1.54 bits per heavy atom. The Labute approximate surface area is 85.2 Å². The van der Waals surface area contributed by atoms with Crippen molar-refractivity contribution in [3.05, 3.63) is 22.6 Å². The molecule has 0 atom stereocenters. The van der Waals surface area contributed by atoms with Crippen LogP contribution in [0, 0.1) is 0 Å². The SMILES string of the molecule is CC(C)(C)OC(=O)c1ccoc1Br. The van der Waals surface area contributed by atoms with Crippen molar-refractivity contribution in [2.24, 2.45) is 0 Å². The van der Waals surface area contributed by atoms with Gasteiger partial charge in [0.1, 0.15) is 11.2 Å². The Morgan fingerprint density at radius 3 is 2.54 bits per heavy atom. The zero-order valence-electron chi connectivity index (χ0n) is 7.76. The van der Waals surface area contributed by atoms with Gasteiger partial charge >= 0.3 is 5.97 Å². The molecule has 72 valence electrons. The molecule has 1 aromatic rings. The first-order valence-electron chi connectivity index (χ1n) is 3.86. The highest BCUT2D eigenvalue weighted by atomic mass is 79.9. The van der Waals surface area contributed by atoms with E-state index in [2.05, 4.69) is 15.9 Å². The molecule has 3 nitrogen and oxygen atoms in total.